The van der Waals surface area contributed by atoms with Gasteiger partial charge in [0.1, 0.15) is 18.0 Å². The second kappa shape index (κ2) is 5.01. The van der Waals surface area contributed by atoms with Gasteiger partial charge < -0.3 is 9.67 Å². The topological polar surface area (TPSA) is 71.2 Å². The maximum atomic E-state index is 13.1. The molecule has 3 rings (SSSR count). The molecule has 1 aliphatic rings. The number of benzene rings is 1. The fourth-order valence-corrected chi connectivity index (χ4v) is 2.38. The molecule has 1 aromatic heterocycles. The minimum absolute atomic E-state index is 0.0111. The number of halogens is 1. The van der Waals surface area contributed by atoms with Crippen LogP contribution in [-0.4, -0.2) is 37.3 Å². The van der Waals surface area contributed by atoms with E-state index >= 15 is 0 Å². The molecule has 0 unspecified atom stereocenters. The number of nitrogens with zero attached hydrogens (tertiary/aromatic N) is 4. The van der Waals surface area contributed by atoms with Crippen molar-refractivity contribution in [3.63, 3.8) is 0 Å². The summed E-state index contributed by atoms with van der Waals surface area (Å²) in [5.41, 5.74) is 0.615. The Balaban J connectivity index is 1.81. The Labute approximate surface area is 114 Å². The maximum absolute atomic E-state index is 13.1. The molecule has 1 N–H and O–H groups in total. The van der Waals surface area contributed by atoms with Crippen LogP contribution in [0.2, 0.25) is 0 Å². The van der Waals surface area contributed by atoms with E-state index in [1.807, 2.05) is 4.57 Å². The third-order valence-electron chi connectivity index (χ3n) is 3.41. The lowest BCUT2D eigenvalue weighted by Gasteiger charge is -2.27. The van der Waals surface area contributed by atoms with Crippen molar-refractivity contribution in [2.75, 3.05) is 6.54 Å². The average molecular weight is 276 g/mol. The minimum Gasteiger partial charge on any atom is -0.478 e. The van der Waals surface area contributed by atoms with Crippen molar-refractivity contribution < 1.29 is 14.3 Å². The molecule has 20 heavy (non-hydrogen) atoms. The number of hydrogen-bond donors (Lipinski definition) is 1. The Kier molecular flexibility index (Phi) is 3.19. The molecule has 2 heterocycles. The molecule has 2 aromatic rings. The number of aromatic nitrogens is 3. The zero-order valence-electron chi connectivity index (χ0n) is 10.7. The van der Waals surface area contributed by atoms with Crippen LogP contribution in [-0.2, 0) is 19.6 Å². The monoisotopic (exact) mass is 276 g/mol. The summed E-state index contributed by atoms with van der Waals surface area (Å²) in [6.45, 7) is 2.61. The third kappa shape index (κ3) is 2.39. The summed E-state index contributed by atoms with van der Waals surface area (Å²) in [7, 11) is 0. The lowest BCUT2D eigenvalue weighted by atomic mass is 10.1. The fraction of sp³-hybridized carbons (Fsp3) is 0.308. The van der Waals surface area contributed by atoms with E-state index in [9.17, 15) is 9.18 Å². The van der Waals surface area contributed by atoms with Crippen LogP contribution in [0, 0.1) is 5.82 Å². The zero-order chi connectivity index (χ0) is 14.1. The van der Waals surface area contributed by atoms with E-state index in [-0.39, 0.29) is 5.56 Å². The Morgan fingerprint density at radius 3 is 3.05 bits per heavy atom. The first-order valence-electron chi connectivity index (χ1n) is 6.24. The van der Waals surface area contributed by atoms with Gasteiger partial charge in [0.2, 0.25) is 0 Å². The molecule has 0 spiro atoms. The normalized spacial score (nSPS) is 15.1. The standard InChI is InChI=1S/C13H13FN4O2/c14-10-2-1-9(11(5-10)13(19)20)6-17-3-4-18-8-15-16-12(18)7-17/h1-2,5,8H,3-4,6-7H2,(H,19,20). The number of carbonyl (C=O) groups is 1. The van der Waals surface area contributed by atoms with E-state index in [0.717, 1.165) is 25.0 Å². The molecule has 0 saturated heterocycles. The number of carboxylic acids is 1. The molecule has 1 aromatic carbocycles. The van der Waals surface area contributed by atoms with Crippen LogP contribution in [0.3, 0.4) is 0 Å². The smallest absolute Gasteiger partial charge is 0.336 e. The lowest BCUT2D eigenvalue weighted by molar-refractivity contribution is 0.0693. The summed E-state index contributed by atoms with van der Waals surface area (Å²) in [5, 5.41) is 17.0. The predicted octanol–water partition coefficient (Wildman–Crippen LogP) is 1.13. The number of rotatable bonds is 3. The molecule has 104 valence electrons. The van der Waals surface area contributed by atoms with Gasteiger partial charge in [-0.25, -0.2) is 9.18 Å². The maximum Gasteiger partial charge on any atom is 0.336 e. The van der Waals surface area contributed by atoms with Crippen molar-refractivity contribution >= 4 is 5.97 Å². The Bertz CT molecular complexity index is 656. The first-order chi connectivity index (χ1) is 9.63. The molecule has 6 nitrogen and oxygen atoms in total. The highest BCUT2D eigenvalue weighted by Gasteiger charge is 2.20. The summed E-state index contributed by atoms with van der Waals surface area (Å²) < 4.78 is 15.1. The van der Waals surface area contributed by atoms with Gasteiger partial charge in [0.15, 0.2) is 0 Å². The average Bonchev–Trinajstić information content (AvgIpc) is 2.88. The van der Waals surface area contributed by atoms with E-state index in [4.69, 9.17) is 5.11 Å². The predicted molar refractivity (Wildman–Crippen MR) is 67.5 cm³/mol. The number of hydrogen-bond acceptors (Lipinski definition) is 4. The molecule has 0 aliphatic carbocycles. The first-order valence-corrected chi connectivity index (χ1v) is 6.24. The molecule has 0 bridgehead atoms. The molecule has 0 atom stereocenters. The summed E-state index contributed by atoms with van der Waals surface area (Å²) in [6, 6.07) is 3.87. The van der Waals surface area contributed by atoms with Crippen LogP contribution in [0.5, 0.6) is 0 Å². The van der Waals surface area contributed by atoms with Gasteiger partial charge in [-0.05, 0) is 17.7 Å². The van der Waals surface area contributed by atoms with Gasteiger partial charge in [0.05, 0.1) is 12.1 Å². The van der Waals surface area contributed by atoms with Crippen LogP contribution >= 0.6 is 0 Å². The Hall–Kier alpha value is -2.28. The van der Waals surface area contributed by atoms with Gasteiger partial charge in [-0.3, -0.25) is 4.90 Å². The van der Waals surface area contributed by atoms with Gasteiger partial charge in [-0.1, -0.05) is 6.07 Å². The van der Waals surface area contributed by atoms with Crippen LogP contribution in [0.25, 0.3) is 0 Å². The van der Waals surface area contributed by atoms with E-state index in [0.29, 0.717) is 18.7 Å². The molecule has 0 saturated carbocycles. The van der Waals surface area contributed by atoms with Crippen LogP contribution in [0.4, 0.5) is 4.39 Å². The van der Waals surface area contributed by atoms with Crippen molar-refractivity contribution in [2.24, 2.45) is 0 Å². The fourth-order valence-electron chi connectivity index (χ4n) is 2.38. The highest BCUT2D eigenvalue weighted by Crippen LogP contribution is 2.17. The summed E-state index contributed by atoms with van der Waals surface area (Å²) in [5.74, 6) is -0.792. The zero-order valence-corrected chi connectivity index (χ0v) is 10.7. The highest BCUT2D eigenvalue weighted by molar-refractivity contribution is 5.89. The van der Waals surface area contributed by atoms with Gasteiger partial charge >= 0.3 is 5.97 Å². The second-order valence-corrected chi connectivity index (χ2v) is 4.76. The summed E-state index contributed by atoms with van der Waals surface area (Å²) in [4.78, 5) is 13.2. The second-order valence-electron chi connectivity index (χ2n) is 4.76. The van der Waals surface area contributed by atoms with Gasteiger partial charge in [0, 0.05) is 19.6 Å². The highest BCUT2D eigenvalue weighted by atomic mass is 19.1. The molecule has 0 fully saturated rings. The van der Waals surface area contributed by atoms with Crippen molar-refractivity contribution in [3.8, 4) is 0 Å². The van der Waals surface area contributed by atoms with E-state index < -0.39 is 11.8 Å². The Morgan fingerprint density at radius 1 is 1.40 bits per heavy atom. The molecule has 1 aliphatic heterocycles. The van der Waals surface area contributed by atoms with E-state index in [1.54, 1.807) is 6.33 Å². The minimum atomic E-state index is -1.11. The number of aromatic carboxylic acids is 1. The quantitative estimate of drug-likeness (QED) is 0.910. The molecular weight excluding hydrogens is 263 g/mol. The van der Waals surface area contributed by atoms with Crippen molar-refractivity contribution in [2.45, 2.75) is 19.6 Å². The Morgan fingerprint density at radius 2 is 2.25 bits per heavy atom. The van der Waals surface area contributed by atoms with Crippen LogP contribution < -0.4 is 0 Å². The van der Waals surface area contributed by atoms with Crippen molar-refractivity contribution in [1.29, 1.82) is 0 Å². The molecule has 0 radical (unpaired) electrons. The van der Waals surface area contributed by atoms with E-state index in [2.05, 4.69) is 15.1 Å². The number of carboxylic acid groups (broad SMARTS) is 1. The van der Waals surface area contributed by atoms with Crippen molar-refractivity contribution in [3.05, 3.63) is 47.3 Å². The summed E-state index contributed by atoms with van der Waals surface area (Å²) >= 11 is 0. The largest absolute Gasteiger partial charge is 0.478 e. The summed E-state index contributed by atoms with van der Waals surface area (Å²) in [6.07, 6.45) is 1.69. The van der Waals surface area contributed by atoms with Crippen molar-refractivity contribution in [1.82, 2.24) is 19.7 Å². The first kappa shape index (κ1) is 12.7. The van der Waals surface area contributed by atoms with Gasteiger partial charge in [-0.2, -0.15) is 0 Å². The molecule has 7 heteroatoms. The number of fused-ring (bicyclic) bond motifs is 1. The van der Waals surface area contributed by atoms with Crippen LogP contribution in [0.1, 0.15) is 21.7 Å². The third-order valence-corrected chi connectivity index (χ3v) is 3.41. The molecule has 0 amide bonds. The van der Waals surface area contributed by atoms with E-state index in [1.165, 1.54) is 12.1 Å². The SMILES string of the molecule is O=C(O)c1cc(F)ccc1CN1CCn2cnnc2C1. The lowest BCUT2D eigenvalue weighted by Crippen LogP contribution is -2.33. The van der Waals surface area contributed by atoms with Gasteiger partial charge in [-0.15, -0.1) is 10.2 Å². The molecular formula is C13H13FN4O2. The van der Waals surface area contributed by atoms with Crippen LogP contribution in [0.15, 0.2) is 24.5 Å². The van der Waals surface area contributed by atoms with Gasteiger partial charge in [0.25, 0.3) is 0 Å².